The third kappa shape index (κ3) is 3.22. The number of aromatic nitrogens is 4. The zero-order valence-corrected chi connectivity index (χ0v) is 12.4. The fourth-order valence-electron chi connectivity index (χ4n) is 1.54. The van der Waals surface area contributed by atoms with E-state index in [0.717, 1.165) is 19.4 Å². The lowest BCUT2D eigenvalue weighted by molar-refractivity contribution is 0.209. The van der Waals surface area contributed by atoms with E-state index in [0.29, 0.717) is 20.6 Å². The normalized spacial score (nSPS) is 10.6. The van der Waals surface area contributed by atoms with E-state index in [-0.39, 0.29) is 5.95 Å². The van der Waals surface area contributed by atoms with E-state index < -0.39 is 6.09 Å². The standard InChI is InChI=1S/C10H13IN6O2/c1-2-3-4-12-8-6-5(7(11)17-16-6)13-9(14-8)15-10(18)19/h2-4H2,1H3,(H,16,17)(H,18,19)(H2,12,13,14,15). The van der Waals surface area contributed by atoms with Crippen molar-refractivity contribution in [2.75, 3.05) is 17.2 Å². The minimum atomic E-state index is -1.20. The number of rotatable bonds is 5. The zero-order chi connectivity index (χ0) is 13.8. The van der Waals surface area contributed by atoms with Crippen LogP contribution in [-0.4, -0.2) is 37.9 Å². The number of anilines is 2. The lowest BCUT2D eigenvalue weighted by Crippen LogP contribution is -2.12. The second-order valence-electron chi connectivity index (χ2n) is 3.84. The van der Waals surface area contributed by atoms with Gasteiger partial charge in [-0.25, -0.2) is 9.78 Å². The van der Waals surface area contributed by atoms with Crippen LogP contribution in [0.25, 0.3) is 11.0 Å². The summed E-state index contributed by atoms with van der Waals surface area (Å²) in [6.07, 6.45) is 0.859. The van der Waals surface area contributed by atoms with E-state index >= 15 is 0 Å². The summed E-state index contributed by atoms with van der Waals surface area (Å²) in [5.74, 6) is 0.593. The Morgan fingerprint density at radius 2 is 2.26 bits per heavy atom. The Labute approximate surface area is 122 Å². The van der Waals surface area contributed by atoms with Crippen molar-refractivity contribution < 1.29 is 9.90 Å². The van der Waals surface area contributed by atoms with Gasteiger partial charge in [0.05, 0.1) is 0 Å². The van der Waals surface area contributed by atoms with Crippen molar-refractivity contribution >= 4 is 51.5 Å². The molecule has 2 aromatic rings. The molecule has 8 nitrogen and oxygen atoms in total. The number of aromatic amines is 1. The van der Waals surface area contributed by atoms with Gasteiger partial charge in [0.1, 0.15) is 14.7 Å². The number of nitrogens with zero attached hydrogens (tertiary/aromatic N) is 3. The fourth-order valence-corrected chi connectivity index (χ4v) is 2.05. The Bertz CT molecular complexity index is 599. The van der Waals surface area contributed by atoms with Gasteiger partial charge in [0.2, 0.25) is 5.95 Å². The number of carboxylic acid groups (broad SMARTS) is 1. The minimum absolute atomic E-state index is 0.0401. The highest BCUT2D eigenvalue weighted by molar-refractivity contribution is 14.1. The summed E-state index contributed by atoms with van der Waals surface area (Å²) in [6.45, 7) is 2.85. The van der Waals surface area contributed by atoms with Gasteiger partial charge in [-0.1, -0.05) is 13.3 Å². The van der Waals surface area contributed by atoms with E-state index in [1.165, 1.54) is 0 Å². The second kappa shape index (κ2) is 5.99. The average molecular weight is 376 g/mol. The lowest BCUT2D eigenvalue weighted by Gasteiger charge is -2.07. The molecule has 4 N–H and O–H groups in total. The van der Waals surface area contributed by atoms with Crippen molar-refractivity contribution in [3.05, 3.63) is 3.70 Å². The smallest absolute Gasteiger partial charge is 0.411 e. The predicted octanol–water partition coefficient (Wildman–Crippen LogP) is 2.26. The molecule has 19 heavy (non-hydrogen) atoms. The molecular weight excluding hydrogens is 363 g/mol. The van der Waals surface area contributed by atoms with E-state index in [4.69, 9.17) is 5.11 Å². The number of nitrogens with one attached hydrogen (secondary N) is 3. The fraction of sp³-hybridized carbons (Fsp3) is 0.400. The molecule has 2 aromatic heterocycles. The maximum atomic E-state index is 10.7. The molecular formula is C10H13IN6O2. The first kappa shape index (κ1) is 13.8. The van der Waals surface area contributed by atoms with Crippen LogP contribution in [0.3, 0.4) is 0 Å². The van der Waals surface area contributed by atoms with Crippen molar-refractivity contribution in [3.8, 4) is 0 Å². The minimum Gasteiger partial charge on any atom is -0.465 e. The summed E-state index contributed by atoms with van der Waals surface area (Å²) in [7, 11) is 0. The van der Waals surface area contributed by atoms with Crippen molar-refractivity contribution in [2.24, 2.45) is 0 Å². The van der Waals surface area contributed by atoms with Gasteiger partial charge in [0, 0.05) is 6.54 Å². The molecule has 1 amide bonds. The van der Waals surface area contributed by atoms with Crippen molar-refractivity contribution in [1.82, 2.24) is 20.2 Å². The van der Waals surface area contributed by atoms with Gasteiger partial charge in [-0.2, -0.15) is 10.1 Å². The molecule has 0 aliphatic carbocycles. The zero-order valence-electron chi connectivity index (χ0n) is 10.2. The summed E-state index contributed by atoms with van der Waals surface area (Å²) in [6, 6.07) is 0. The predicted molar refractivity (Wildman–Crippen MR) is 79.4 cm³/mol. The molecule has 0 atom stereocenters. The van der Waals surface area contributed by atoms with Gasteiger partial charge in [-0.05, 0) is 29.0 Å². The van der Waals surface area contributed by atoms with Crippen LogP contribution in [0.4, 0.5) is 16.6 Å². The van der Waals surface area contributed by atoms with Crippen molar-refractivity contribution in [1.29, 1.82) is 0 Å². The van der Waals surface area contributed by atoms with E-state index in [1.807, 2.05) is 22.6 Å². The number of fused-ring (bicyclic) bond motifs is 1. The molecule has 0 aliphatic heterocycles. The quantitative estimate of drug-likeness (QED) is 0.470. The Balaban J connectivity index is 2.37. The van der Waals surface area contributed by atoms with Crippen LogP contribution < -0.4 is 10.6 Å². The van der Waals surface area contributed by atoms with Gasteiger partial charge >= 0.3 is 6.09 Å². The van der Waals surface area contributed by atoms with E-state index in [2.05, 4.69) is 37.7 Å². The molecule has 0 spiro atoms. The van der Waals surface area contributed by atoms with Gasteiger partial charge < -0.3 is 10.4 Å². The third-order valence-corrected chi connectivity index (χ3v) is 3.16. The molecule has 2 rings (SSSR count). The van der Waals surface area contributed by atoms with Crippen LogP contribution in [0.15, 0.2) is 0 Å². The average Bonchev–Trinajstić information content (AvgIpc) is 2.71. The van der Waals surface area contributed by atoms with E-state index in [9.17, 15) is 4.79 Å². The largest absolute Gasteiger partial charge is 0.465 e. The van der Waals surface area contributed by atoms with Crippen LogP contribution in [0, 0.1) is 3.70 Å². The Kier molecular flexibility index (Phi) is 4.35. The highest BCUT2D eigenvalue weighted by Gasteiger charge is 2.14. The highest BCUT2D eigenvalue weighted by Crippen LogP contribution is 2.23. The molecule has 0 aromatic carbocycles. The highest BCUT2D eigenvalue weighted by atomic mass is 127. The third-order valence-electron chi connectivity index (χ3n) is 2.41. The van der Waals surface area contributed by atoms with Gasteiger partial charge in [-0.3, -0.25) is 10.4 Å². The first-order valence-electron chi connectivity index (χ1n) is 5.77. The summed E-state index contributed by atoms with van der Waals surface area (Å²) in [4.78, 5) is 18.9. The van der Waals surface area contributed by atoms with E-state index in [1.54, 1.807) is 0 Å². The van der Waals surface area contributed by atoms with Gasteiger partial charge in [0.25, 0.3) is 0 Å². The summed E-state index contributed by atoms with van der Waals surface area (Å²) in [5.41, 5.74) is 1.27. The van der Waals surface area contributed by atoms with Crippen LogP contribution in [-0.2, 0) is 0 Å². The molecule has 0 unspecified atom stereocenters. The molecule has 2 heterocycles. The van der Waals surface area contributed by atoms with Crippen LogP contribution >= 0.6 is 22.6 Å². The summed E-state index contributed by atoms with van der Waals surface area (Å²) in [5, 5.41) is 20.9. The van der Waals surface area contributed by atoms with Crippen LogP contribution in [0.1, 0.15) is 19.8 Å². The van der Waals surface area contributed by atoms with Gasteiger partial charge in [0.15, 0.2) is 5.82 Å². The van der Waals surface area contributed by atoms with Crippen LogP contribution in [0.2, 0.25) is 0 Å². The SMILES string of the molecule is CCCCNc1nc(NC(=O)O)nc2c(I)n[nH]c12. The van der Waals surface area contributed by atoms with Crippen LogP contribution in [0.5, 0.6) is 0 Å². The molecule has 0 fully saturated rings. The molecule has 0 saturated carbocycles. The number of unbranched alkanes of at least 4 members (excludes halogenated alkanes) is 1. The molecule has 0 radical (unpaired) electrons. The first-order chi connectivity index (χ1) is 9.11. The molecule has 102 valence electrons. The number of carbonyl (C=O) groups is 1. The van der Waals surface area contributed by atoms with Gasteiger partial charge in [-0.15, -0.1) is 0 Å². The Morgan fingerprint density at radius 1 is 1.47 bits per heavy atom. The topological polar surface area (TPSA) is 116 Å². The first-order valence-corrected chi connectivity index (χ1v) is 6.85. The number of amides is 1. The number of halogens is 1. The van der Waals surface area contributed by atoms with Crippen molar-refractivity contribution in [3.63, 3.8) is 0 Å². The molecule has 0 saturated heterocycles. The monoisotopic (exact) mass is 376 g/mol. The molecule has 0 aliphatic rings. The Morgan fingerprint density at radius 3 is 2.95 bits per heavy atom. The van der Waals surface area contributed by atoms with Crippen molar-refractivity contribution in [2.45, 2.75) is 19.8 Å². The number of hydrogen-bond donors (Lipinski definition) is 4. The Hall–Kier alpha value is -1.65. The molecule has 0 bridgehead atoms. The molecule has 9 heteroatoms. The maximum absolute atomic E-state index is 10.7. The lowest BCUT2D eigenvalue weighted by atomic mass is 10.3. The summed E-state index contributed by atoms with van der Waals surface area (Å²) >= 11 is 2.03. The summed E-state index contributed by atoms with van der Waals surface area (Å²) < 4.78 is 0.669. The number of hydrogen-bond acceptors (Lipinski definition) is 5. The number of H-pyrrole nitrogens is 1. The maximum Gasteiger partial charge on any atom is 0.411 e. The second-order valence-corrected chi connectivity index (χ2v) is 4.87.